The van der Waals surface area contributed by atoms with Gasteiger partial charge in [0, 0.05) is 30.2 Å². The van der Waals surface area contributed by atoms with Gasteiger partial charge in [-0.15, -0.1) is 16.4 Å². The topological polar surface area (TPSA) is 58.1 Å². The summed E-state index contributed by atoms with van der Waals surface area (Å²) in [5.74, 6) is -0.0128. The van der Waals surface area contributed by atoms with Crippen molar-refractivity contribution in [1.29, 1.82) is 0 Å². The molecule has 1 aliphatic rings. The number of anilines is 1. The molecule has 6 heteroatoms. The Morgan fingerprint density at radius 2 is 2.08 bits per heavy atom. The number of carbonyl (C=O) groups is 1. The zero-order valence-electron chi connectivity index (χ0n) is 15.2. The summed E-state index contributed by atoms with van der Waals surface area (Å²) in [7, 11) is 0. The highest BCUT2D eigenvalue weighted by molar-refractivity contribution is 7.20. The zero-order valence-corrected chi connectivity index (χ0v) is 16.1. The highest BCUT2D eigenvalue weighted by Crippen LogP contribution is 2.27. The standard InChI is InChI=1S/C20H22N4OS/c1-12-5-4-6-16(9-12)24-8-7-15(11-24)21-19(25)18-10-17-13(2)14(3)22-23-20(17)26-18/h4-6,9-10,15H,7-8,11H2,1-3H3,(H,21,25). The summed E-state index contributed by atoms with van der Waals surface area (Å²) in [4.78, 5) is 16.6. The smallest absolute Gasteiger partial charge is 0.261 e. The minimum Gasteiger partial charge on any atom is -0.369 e. The molecule has 0 bridgehead atoms. The van der Waals surface area contributed by atoms with E-state index in [1.54, 1.807) is 0 Å². The molecule has 1 amide bonds. The molecule has 26 heavy (non-hydrogen) atoms. The maximum absolute atomic E-state index is 12.7. The Kier molecular flexibility index (Phi) is 4.36. The fraction of sp³-hybridized carbons (Fsp3) is 0.350. The van der Waals surface area contributed by atoms with Crippen molar-refractivity contribution in [2.24, 2.45) is 0 Å². The average molecular weight is 366 g/mol. The number of benzene rings is 1. The van der Waals surface area contributed by atoms with E-state index in [4.69, 9.17) is 0 Å². The van der Waals surface area contributed by atoms with Crippen LogP contribution in [0.5, 0.6) is 0 Å². The van der Waals surface area contributed by atoms with E-state index >= 15 is 0 Å². The number of carbonyl (C=O) groups excluding carboxylic acids is 1. The van der Waals surface area contributed by atoms with Gasteiger partial charge in [-0.1, -0.05) is 12.1 Å². The Labute approximate surface area is 157 Å². The Morgan fingerprint density at radius 3 is 2.88 bits per heavy atom. The van der Waals surface area contributed by atoms with Gasteiger partial charge in [0.1, 0.15) is 4.83 Å². The van der Waals surface area contributed by atoms with Crippen molar-refractivity contribution in [3.05, 3.63) is 52.0 Å². The lowest BCUT2D eigenvalue weighted by molar-refractivity contribution is 0.0944. The van der Waals surface area contributed by atoms with E-state index in [1.807, 2.05) is 19.9 Å². The number of nitrogens with zero attached hydrogens (tertiary/aromatic N) is 3. The Balaban J connectivity index is 1.46. The largest absolute Gasteiger partial charge is 0.369 e. The second-order valence-electron chi connectivity index (χ2n) is 6.98. The van der Waals surface area contributed by atoms with Crippen LogP contribution in [-0.4, -0.2) is 35.2 Å². The first kappa shape index (κ1) is 17.0. The van der Waals surface area contributed by atoms with E-state index in [-0.39, 0.29) is 11.9 Å². The minimum absolute atomic E-state index is 0.0128. The number of hydrogen-bond donors (Lipinski definition) is 1. The molecule has 1 N–H and O–H groups in total. The van der Waals surface area contributed by atoms with E-state index in [0.717, 1.165) is 41.0 Å². The molecule has 0 spiro atoms. The molecular weight excluding hydrogens is 344 g/mol. The van der Waals surface area contributed by atoms with Crippen molar-refractivity contribution in [3.63, 3.8) is 0 Å². The average Bonchev–Trinajstić information content (AvgIpc) is 3.25. The Bertz CT molecular complexity index is 981. The van der Waals surface area contributed by atoms with Crippen molar-refractivity contribution < 1.29 is 4.79 Å². The maximum Gasteiger partial charge on any atom is 0.261 e. The van der Waals surface area contributed by atoms with Gasteiger partial charge >= 0.3 is 0 Å². The van der Waals surface area contributed by atoms with Crippen LogP contribution in [0.4, 0.5) is 5.69 Å². The fourth-order valence-electron chi connectivity index (χ4n) is 3.42. The molecule has 2 aromatic heterocycles. The number of aromatic nitrogens is 2. The second-order valence-corrected chi connectivity index (χ2v) is 8.01. The first-order valence-electron chi connectivity index (χ1n) is 8.87. The summed E-state index contributed by atoms with van der Waals surface area (Å²) in [6, 6.07) is 10.6. The molecule has 1 aliphatic heterocycles. The first-order chi connectivity index (χ1) is 12.5. The van der Waals surface area contributed by atoms with E-state index in [1.165, 1.54) is 22.6 Å². The quantitative estimate of drug-likeness (QED) is 0.769. The van der Waals surface area contributed by atoms with Crippen LogP contribution >= 0.6 is 11.3 Å². The molecule has 3 aromatic rings. The van der Waals surface area contributed by atoms with Crippen molar-refractivity contribution in [3.8, 4) is 0 Å². The van der Waals surface area contributed by atoms with Gasteiger partial charge in [-0.3, -0.25) is 4.79 Å². The summed E-state index contributed by atoms with van der Waals surface area (Å²) >= 11 is 1.41. The van der Waals surface area contributed by atoms with Crippen LogP contribution in [0.2, 0.25) is 0 Å². The molecule has 0 radical (unpaired) electrons. The zero-order chi connectivity index (χ0) is 18.3. The van der Waals surface area contributed by atoms with E-state index in [9.17, 15) is 4.79 Å². The molecule has 1 unspecified atom stereocenters. The number of rotatable bonds is 3. The summed E-state index contributed by atoms with van der Waals surface area (Å²) in [5, 5.41) is 12.6. The van der Waals surface area contributed by atoms with Crippen molar-refractivity contribution >= 4 is 33.1 Å². The summed E-state index contributed by atoms with van der Waals surface area (Å²) in [6.45, 7) is 7.88. The molecular formula is C20H22N4OS. The SMILES string of the molecule is Cc1cccc(N2CCC(NC(=O)c3cc4c(C)c(C)nnc4s3)C2)c1. The lowest BCUT2D eigenvalue weighted by atomic mass is 10.2. The lowest BCUT2D eigenvalue weighted by Gasteiger charge is -2.19. The van der Waals surface area contributed by atoms with E-state index < -0.39 is 0 Å². The molecule has 4 rings (SSSR count). The van der Waals surface area contributed by atoms with Gasteiger partial charge in [0.2, 0.25) is 0 Å². The normalized spacial score (nSPS) is 17.0. The molecule has 0 aliphatic carbocycles. The highest BCUT2D eigenvalue weighted by Gasteiger charge is 2.25. The van der Waals surface area contributed by atoms with Crippen LogP contribution in [0, 0.1) is 20.8 Å². The van der Waals surface area contributed by atoms with Gasteiger partial charge in [-0.05, 0) is 56.5 Å². The molecule has 3 heterocycles. The van der Waals surface area contributed by atoms with Crippen molar-refractivity contribution in [1.82, 2.24) is 15.5 Å². The number of aryl methyl sites for hydroxylation is 3. The van der Waals surface area contributed by atoms with Crippen LogP contribution in [0.3, 0.4) is 0 Å². The lowest BCUT2D eigenvalue weighted by Crippen LogP contribution is -2.36. The predicted octanol–water partition coefficient (Wildman–Crippen LogP) is 3.63. The highest BCUT2D eigenvalue weighted by atomic mass is 32.1. The third-order valence-corrected chi connectivity index (χ3v) is 6.08. The number of nitrogens with one attached hydrogen (secondary N) is 1. The minimum atomic E-state index is -0.0128. The van der Waals surface area contributed by atoms with E-state index in [2.05, 4.69) is 51.6 Å². The number of thiophene rings is 1. The first-order valence-corrected chi connectivity index (χ1v) is 9.69. The summed E-state index contributed by atoms with van der Waals surface area (Å²) in [5.41, 5.74) is 4.49. The molecule has 1 aromatic carbocycles. The Morgan fingerprint density at radius 1 is 1.23 bits per heavy atom. The number of fused-ring (bicyclic) bond motifs is 1. The van der Waals surface area contributed by atoms with E-state index in [0.29, 0.717) is 4.88 Å². The van der Waals surface area contributed by atoms with Gasteiger partial charge in [-0.25, -0.2) is 0 Å². The molecule has 5 nitrogen and oxygen atoms in total. The van der Waals surface area contributed by atoms with Gasteiger partial charge in [-0.2, -0.15) is 5.10 Å². The molecule has 1 fully saturated rings. The second kappa shape index (κ2) is 6.68. The third-order valence-electron chi connectivity index (χ3n) is 5.06. The van der Waals surface area contributed by atoms with Crippen molar-refractivity contribution in [2.45, 2.75) is 33.2 Å². The monoisotopic (exact) mass is 366 g/mol. The maximum atomic E-state index is 12.7. The van der Waals surface area contributed by atoms with Crippen LogP contribution in [0.1, 0.15) is 32.9 Å². The Hall–Kier alpha value is -2.47. The van der Waals surface area contributed by atoms with Gasteiger partial charge in [0.25, 0.3) is 5.91 Å². The van der Waals surface area contributed by atoms with Crippen molar-refractivity contribution in [2.75, 3.05) is 18.0 Å². The molecule has 0 saturated carbocycles. The summed E-state index contributed by atoms with van der Waals surface area (Å²) < 4.78 is 0. The molecule has 1 saturated heterocycles. The van der Waals surface area contributed by atoms with Gasteiger partial charge in [0.15, 0.2) is 0 Å². The van der Waals surface area contributed by atoms with Crippen LogP contribution in [0.15, 0.2) is 30.3 Å². The van der Waals surface area contributed by atoms with Gasteiger partial charge in [0.05, 0.1) is 10.6 Å². The molecule has 134 valence electrons. The number of amides is 1. The number of hydrogen-bond acceptors (Lipinski definition) is 5. The molecule has 1 atom stereocenters. The summed E-state index contributed by atoms with van der Waals surface area (Å²) in [6.07, 6.45) is 0.961. The predicted molar refractivity (Wildman–Crippen MR) is 106 cm³/mol. The van der Waals surface area contributed by atoms with Crippen LogP contribution < -0.4 is 10.2 Å². The van der Waals surface area contributed by atoms with Gasteiger partial charge < -0.3 is 10.2 Å². The van der Waals surface area contributed by atoms with Crippen LogP contribution in [-0.2, 0) is 0 Å². The fourth-order valence-corrected chi connectivity index (χ4v) is 4.36. The third kappa shape index (κ3) is 3.17. The van der Waals surface area contributed by atoms with Crippen LogP contribution in [0.25, 0.3) is 10.2 Å².